The normalized spacial score (nSPS) is 10.1. The summed E-state index contributed by atoms with van der Waals surface area (Å²) in [5, 5.41) is 10.7. The first-order valence-electron chi connectivity index (χ1n) is 4.71. The molecule has 0 aromatic heterocycles. The van der Waals surface area contributed by atoms with Gasteiger partial charge in [-0.3, -0.25) is 10.1 Å². The summed E-state index contributed by atoms with van der Waals surface area (Å²) in [5.41, 5.74) is -0.899. The fourth-order valence-corrected chi connectivity index (χ4v) is 1.55. The van der Waals surface area contributed by atoms with Gasteiger partial charge < -0.3 is 4.74 Å². The number of benzene rings is 1. The van der Waals surface area contributed by atoms with Crippen LogP contribution in [0.2, 0.25) is 0 Å². The quantitative estimate of drug-likeness (QED) is 0.362. The number of hydrogen-bond acceptors (Lipinski definition) is 4. The van der Waals surface area contributed by atoms with Crippen LogP contribution in [-0.4, -0.2) is 17.5 Å². The van der Waals surface area contributed by atoms with Gasteiger partial charge in [-0.2, -0.15) is 0 Å². The standard InChI is InChI=1S/C10H9ClFNO4/c1-2-17-10(14)9-6(5-11)3-7(12)4-8(9)13(15)16/h3-4H,2,5H2,1H3. The van der Waals surface area contributed by atoms with Crippen molar-refractivity contribution in [2.45, 2.75) is 12.8 Å². The van der Waals surface area contributed by atoms with Crippen molar-refractivity contribution in [1.29, 1.82) is 0 Å². The Morgan fingerprint density at radius 1 is 1.59 bits per heavy atom. The van der Waals surface area contributed by atoms with Crippen LogP contribution in [0.3, 0.4) is 0 Å². The van der Waals surface area contributed by atoms with Crippen LogP contribution < -0.4 is 0 Å². The molecule has 0 radical (unpaired) electrons. The molecule has 0 aliphatic carbocycles. The second-order valence-electron chi connectivity index (χ2n) is 3.07. The number of nitro benzene ring substituents is 1. The molecule has 0 spiro atoms. The summed E-state index contributed by atoms with van der Waals surface area (Å²) >= 11 is 5.53. The third-order valence-electron chi connectivity index (χ3n) is 1.98. The highest BCUT2D eigenvalue weighted by Gasteiger charge is 2.26. The van der Waals surface area contributed by atoms with Crippen LogP contribution >= 0.6 is 11.6 Å². The lowest BCUT2D eigenvalue weighted by Crippen LogP contribution is -2.11. The Hall–Kier alpha value is -1.69. The van der Waals surface area contributed by atoms with Crippen LogP contribution in [0.5, 0.6) is 0 Å². The van der Waals surface area contributed by atoms with E-state index in [9.17, 15) is 19.3 Å². The number of rotatable bonds is 4. The van der Waals surface area contributed by atoms with Gasteiger partial charge in [-0.05, 0) is 18.6 Å². The predicted molar refractivity (Wildman–Crippen MR) is 58.6 cm³/mol. The van der Waals surface area contributed by atoms with Crippen molar-refractivity contribution in [2.24, 2.45) is 0 Å². The van der Waals surface area contributed by atoms with Gasteiger partial charge >= 0.3 is 5.97 Å². The number of halogens is 2. The summed E-state index contributed by atoms with van der Waals surface area (Å²) in [5.74, 6) is -1.91. The number of alkyl halides is 1. The number of nitro groups is 1. The number of esters is 1. The van der Waals surface area contributed by atoms with E-state index in [-0.39, 0.29) is 23.6 Å². The largest absolute Gasteiger partial charge is 0.462 e. The topological polar surface area (TPSA) is 69.4 Å². The maximum atomic E-state index is 13.1. The van der Waals surface area contributed by atoms with Crippen molar-refractivity contribution in [3.63, 3.8) is 0 Å². The summed E-state index contributed by atoms with van der Waals surface area (Å²) in [4.78, 5) is 21.5. The van der Waals surface area contributed by atoms with Crippen LogP contribution in [0.15, 0.2) is 12.1 Å². The molecule has 0 saturated heterocycles. The zero-order chi connectivity index (χ0) is 13.0. The van der Waals surface area contributed by atoms with Crippen LogP contribution in [0.1, 0.15) is 22.8 Å². The molecule has 7 heteroatoms. The second-order valence-corrected chi connectivity index (χ2v) is 3.34. The van der Waals surface area contributed by atoms with Crippen LogP contribution in [0.4, 0.5) is 10.1 Å². The molecule has 0 bridgehead atoms. The summed E-state index contributed by atoms with van der Waals surface area (Å²) in [6.45, 7) is 1.63. The molecule has 17 heavy (non-hydrogen) atoms. The molecule has 0 saturated carbocycles. The van der Waals surface area contributed by atoms with E-state index in [1.807, 2.05) is 0 Å². The molecule has 0 atom stereocenters. The van der Waals surface area contributed by atoms with Gasteiger partial charge in [0.1, 0.15) is 11.4 Å². The van der Waals surface area contributed by atoms with Crippen molar-refractivity contribution < 1.29 is 18.8 Å². The van der Waals surface area contributed by atoms with E-state index in [2.05, 4.69) is 4.74 Å². The van der Waals surface area contributed by atoms with Gasteiger partial charge in [-0.15, -0.1) is 11.6 Å². The Morgan fingerprint density at radius 3 is 2.71 bits per heavy atom. The lowest BCUT2D eigenvalue weighted by molar-refractivity contribution is -0.385. The first kappa shape index (κ1) is 13.4. The SMILES string of the molecule is CCOC(=O)c1c(CCl)cc(F)cc1[N+](=O)[O-]. The third-order valence-corrected chi connectivity index (χ3v) is 2.27. The summed E-state index contributed by atoms with van der Waals surface area (Å²) in [6, 6.07) is 1.65. The number of carbonyl (C=O) groups excluding carboxylic acids is 1. The van der Waals surface area contributed by atoms with Crippen molar-refractivity contribution >= 4 is 23.3 Å². The Kier molecular flexibility index (Phi) is 4.39. The second kappa shape index (κ2) is 5.58. The van der Waals surface area contributed by atoms with Crippen molar-refractivity contribution in [2.75, 3.05) is 6.61 Å². The number of carbonyl (C=O) groups is 1. The zero-order valence-corrected chi connectivity index (χ0v) is 9.66. The van der Waals surface area contributed by atoms with Gasteiger partial charge in [0, 0.05) is 5.88 Å². The maximum Gasteiger partial charge on any atom is 0.345 e. The Labute approximate surface area is 101 Å². The highest BCUT2D eigenvalue weighted by atomic mass is 35.5. The molecule has 0 aliphatic heterocycles. The Balaban J connectivity index is 3.41. The fourth-order valence-electron chi connectivity index (χ4n) is 1.34. The van der Waals surface area contributed by atoms with E-state index in [0.717, 1.165) is 6.07 Å². The van der Waals surface area contributed by atoms with Gasteiger partial charge in [0.05, 0.1) is 17.6 Å². The smallest absolute Gasteiger partial charge is 0.345 e. The summed E-state index contributed by atoms with van der Waals surface area (Å²) < 4.78 is 17.8. The molecule has 1 aromatic carbocycles. The summed E-state index contributed by atoms with van der Waals surface area (Å²) in [7, 11) is 0. The van der Waals surface area contributed by atoms with Crippen LogP contribution in [0, 0.1) is 15.9 Å². The van der Waals surface area contributed by atoms with Crippen molar-refractivity contribution in [1.82, 2.24) is 0 Å². The van der Waals surface area contributed by atoms with E-state index < -0.39 is 22.4 Å². The zero-order valence-electron chi connectivity index (χ0n) is 8.91. The highest BCUT2D eigenvalue weighted by molar-refractivity contribution is 6.17. The molecule has 1 rings (SSSR count). The lowest BCUT2D eigenvalue weighted by atomic mass is 10.1. The predicted octanol–water partition coefficient (Wildman–Crippen LogP) is 2.65. The average Bonchev–Trinajstić information content (AvgIpc) is 2.27. The molecule has 92 valence electrons. The molecule has 0 amide bonds. The van der Waals surface area contributed by atoms with Crippen molar-refractivity contribution in [3.8, 4) is 0 Å². The van der Waals surface area contributed by atoms with E-state index in [0.29, 0.717) is 6.07 Å². The first-order chi connectivity index (χ1) is 8.01. The molecule has 1 aromatic rings. The molecule has 0 N–H and O–H groups in total. The average molecular weight is 262 g/mol. The van der Waals surface area contributed by atoms with Gasteiger partial charge in [-0.1, -0.05) is 0 Å². The lowest BCUT2D eigenvalue weighted by Gasteiger charge is -2.07. The first-order valence-corrected chi connectivity index (χ1v) is 5.24. The third kappa shape index (κ3) is 2.91. The van der Waals surface area contributed by atoms with Gasteiger partial charge in [0.25, 0.3) is 5.69 Å². The van der Waals surface area contributed by atoms with E-state index in [4.69, 9.17) is 11.6 Å². The molecular weight excluding hydrogens is 253 g/mol. The Bertz CT molecular complexity index is 464. The van der Waals surface area contributed by atoms with E-state index in [1.54, 1.807) is 6.92 Å². The van der Waals surface area contributed by atoms with Crippen LogP contribution in [0.25, 0.3) is 0 Å². The van der Waals surface area contributed by atoms with Gasteiger partial charge in [-0.25, -0.2) is 9.18 Å². The molecule has 0 unspecified atom stereocenters. The summed E-state index contributed by atoms with van der Waals surface area (Å²) in [6.07, 6.45) is 0. The molecule has 0 heterocycles. The van der Waals surface area contributed by atoms with E-state index >= 15 is 0 Å². The van der Waals surface area contributed by atoms with Gasteiger partial charge in [0.15, 0.2) is 0 Å². The maximum absolute atomic E-state index is 13.1. The Morgan fingerprint density at radius 2 is 2.24 bits per heavy atom. The monoisotopic (exact) mass is 261 g/mol. The highest BCUT2D eigenvalue weighted by Crippen LogP contribution is 2.26. The molecular formula is C10H9ClFNO4. The minimum absolute atomic E-state index is 0.0387. The molecule has 0 aliphatic rings. The van der Waals surface area contributed by atoms with Crippen LogP contribution in [-0.2, 0) is 10.6 Å². The number of nitrogens with zero attached hydrogens (tertiary/aromatic N) is 1. The minimum atomic E-state index is -0.880. The van der Waals surface area contributed by atoms with E-state index in [1.165, 1.54) is 0 Å². The van der Waals surface area contributed by atoms with Crippen molar-refractivity contribution in [3.05, 3.63) is 39.2 Å². The number of ether oxygens (including phenoxy) is 1. The molecule has 5 nitrogen and oxygen atoms in total. The fraction of sp³-hybridized carbons (Fsp3) is 0.300. The number of hydrogen-bond donors (Lipinski definition) is 0. The molecule has 0 fully saturated rings. The minimum Gasteiger partial charge on any atom is -0.462 e. The van der Waals surface area contributed by atoms with Gasteiger partial charge in [0.2, 0.25) is 0 Å².